The number of nitrogens with one attached hydrogen (secondary N) is 2. The van der Waals surface area contributed by atoms with E-state index in [0.29, 0.717) is 37.1 Å². The molecule has 0 aromatic heterocycles. The second-order valence-corrected chi connectivity index (χ2v) is 5.55. The van der Waals surface area contributed by atoms with Crippen LogP contribution < -0.4 is 15.4 Å². The van der Waals surface area contributed by atoms with Gasteiger partial charge in [-0.2, -0.15) is 0 Å². The van der Waals surface area contributed by atoms with Crippen molar-refractivity contribution >= 4 is 17.7 Å². The highest BCUT2D eigenvalue weighted by molar-refractivity contribution is 5.89. The van der Waals surface area contributed by atoms with Crippen LogP contribution in [-0.2, 0) is 4.79 Å². The summed E-state index contributed by atoms with van der Waals surface area (Å²) in [5.41, 5.74) is 0.554. The molecule has 1 saturated carbocycles. The maximum absolute atomic E-state index is 12.1. The summed E-state index contributed by atoms with van der Waals surface area (Å²) < 4.78 is 17.2. The molecular weight excluding hydrogens is 303 g/mol. The second kappa shape index (κ2) is 8.36. The standard InChI is InChI=1S/C16H21FN2O4/c17-8-9-23-14-3-1-2-13(10-14)19-16(22)18-12-6-4-11(5-7-12)15(20)21/h1-3,10-12H,4-9H2,(H,20,21)(H2,18,19,22). The minimum atomic E-state index is -0.766. The molecule has 0 aliphatic heterocycles. The molecule has 126 valence electrons. The third-order valence-corrected chi connectivity index (χ3v) is 3.85. The average Bonchev–Trinajstić information content (AvgIpc) is 2.53. The number of halogens is 1. The van der Waals surface area contributed by atoms with Crippen molar-refractivity contribution in [3.05, 3.63) is 24.3 Å². The van der Waals surface area contributed by atoms with E-state index in [1.54, 1.807) is 24.3 Å². The Hall–Kier alpha value is -2.31. The number of anilines is 1. The zero-order valence-corrected chi connectivity index (χ0v) is 12.8. The predicted molar refractivity (Wildman–Crippen MR) is 83.4 cm³/mol. The van der Waals surface area contributed by atoms with E-state index < -0.39 is 12.6 Å². The molecule has 0 radical (unpaired) electrons. The van der Waals surface area contributed by atoms with Gasteiger partial charge in [0.1, 0.15) is 19.0 Å². The maximum atomic E-state index is 12.1. The number of carbonyl (C=O) groups is 2. The van der Waals surface area contributed by atoms with Crippen molar-refractivity contribution < 1.29 is 23.8 Å². The summed E-state index contributed by atoms with van der Waals surface area (Å²) in [4.78, 5) is 22.9. The van der Waals surface area contributed by atoms with Crippen molar-refractivity contribution in [2.45, 2.75) is 31.7 Å². The van der Waals surface area contributed by atoms with Crippen LogP contribution in [0.15, 0.2) is 24.3 Å². The smallest absolute Gasteiger partial charge is 0.319 e. The predicted octanol–water partition coefficient (Wildman–Crippen LogP) is 2.80. The van der Waals surface area contributed by atoms with Crippen molar-refractivity contribution in [2.75, 3.05) is 18.6 Å². The lowest BCUT2D eigenvalue weighted by atomic mass is 9.86. The molecule has 0 saturated heterocycles. The number of urea groups is 1. The molecule has 1 aromatic rings. The average molecular weight is 324 g/mol. The summed E-state index contributed by atoms with van der Waals surface area (Å²) in [6.07, 6.45) is 2.47. The fraction of sp³-hybridized carbons (Fsp3) is 0.500. The van der Waals surface area contributed by atoms with Gasteiger partial charge in [-0.25, -0.2) is 9.18 Å². The highest BCUT2D eigenvalue weighted by Gasteiger charge is 2.26. The fourth-order valence-electron chi connectivity index (χ4n) is 2.66. The summed E-state index contributed by atoms with van der Waals surface area (Å²) in [6, 6.07) is 6.37. The number of carbonyl (C=O) groups excluding carboxylic acids is 1. The van der Waals surface area contributed by atoms with Crippen LogP contribution in [0.2, 0.25) is 0 Å². The molecule has 0 atom stereocenters. The maximum Gasteiger partial charge on any atom is 0.319 e. The van der Waals surface area contributed by atoms with Crippen LogP contribution in [0, 0.1) is 5.92 Å². The molecule has 1 aliphatic carbocycles. The summed E-state index contributed by atoms with van der Waals surface area (Å²) in [6.45, 7) is -0.598. The van der Waals surface area contributed by atoms with Crippen LogP contribution in [0.25, 0.3) is 0 Å². The molecule has 2 amide bonds. The number of aliphatic carboxylic acids is 1. The number of amides is 2. The number of hydrogen-bond acceptors (Lipinski definition) is 3. The molecule has 0 bridgehead atoms. The van der Waals surface area contributed by atoms with Gasteiger partial charge < -0.3 is 20.5 Å². The van der Waals surface area contributed by atoms with Crippen molar-refractivity contribution in [3.8, 4) is 5.75 Å². The molecule has 0 heterocycles. The third-order valence-electron chi connectivity index (χ3n) is 3.85. The monoisotopic (exact) mass is 324 g/mol. The highest BCUT2D eigenvalue weighted by Crippen LogP contribution is 2.24. The van der Waals surface area contributed by atoms with Crippen LogP contribution in [-0.4, -0.2) is 36.4 Å². The Bertz CT molecular complexity index is 545. The molecule has 7 heteroatoms. The molecule has 1 aromatic carbocycles. The van der Waals surface area contributed by atoms with Gasteiger partial charge in [0.15, 0.2) is 0 Å². The Morgan fingerprint density at radius 3 is 2.65 bits per heavy atom. The third kappa shape index (κ3) is 5.43. The SMILES string of the molecule is O=C(Nc1cccc(OCCF)c1)NC1CCC(C(=O)O)CC1. The molecule has 1 fully saturated rings. The molecule has 6 nitrogen and oxygen atoms in total. The van der Waals surface area contributed by atoms with Crippen LogP contribution in [0.4, 0.5) is 14.9 Å². The van der Waals surface area contributed by atoms with Crippen molar-refractivity contribution in [1.82, 2.24) is 5.32 Å². The van der Waals surface area contributed by atoms with E-state index in [0.717, 1.165) is 0 Å². The van der Waals surface area contributed by atoms with Gasteiger partial charge in [-0.05, 0) is 37.8 Å². The summed E-state index contributed by atoms with van der Waals surface area (Å²) in [7, 11) is 0. The molecule has 23 heavy (non-hydrogen) atoms. The Balaban J connectivity index is 1.80. The minimum absolute atomic E-state index is 0.0171. The zero-order chi connectivity index (χ0) is 16.7. The van der Waals surface area contributed by atoms with Gasteiger partial charge in [0.25, 0.3) is 0 Å². The number of ether oxygens (including phenoxy) is 1. The fourth-order valence-corrected chi connectivity index (χ4v) is 2.66. The Morgan fingerprint density at radius 1 is 1.26 bits per heavy atom. The topological polar surface area (TPSA) is 87.7 Å². The Kier molecular flexibility index (Phi) is 6.19. The molecule has 0 spiro atoms. The number of hydrogen-bond donors (Lipinski definition) is 3. The largest absolute Gasteiger partial charge is 0.491 e. The van der Waals surface area contributed by atoms with Gasteiger partial charge >= 0.3 is 12.0 Å². The summed E-state index contributed by atoms with van der Waals surface area (Å²) >= 11 is 0. The van der Waals surface area contributed by atoms with Crippen LogP contribution in [0.3, 0.4) is 0 Å². The van der Waals surface area contributed by atoms with E-state index in [1.165, 1.54) is 0 Å². The van der Waals surface area contributed by atoms with E-state index in [1.807, 2.05) is 0 Å². The Morgan fingerprint density at radius 2 is 2.00 bits per heavy atom. The number of benzene rings is 1. The first-order valence-corrected chi connectivity index (χ1v) is 7.67. The molecule has 2 rings (SSSR count). The first-order chi connectivity index (χ1) is 11.1. The zero-order valence-electron chi connectivity index (χ0n) is 12.8. The molecule has 0 unspecified atom stereocenters. The number of alkyl halides is 1. The van der Waals surface area contributed by atoms with E-state index >= 15 is 0 Å². The van der Waals surface area contributed by atoms with E-state index in [4.69, 9.17) is 9.84 Å². The number of carboxylic acid groups (broad SMARTS) is 1. The van der Waals surface area contributed by atoms with Gasteiger partial charge in [-0.1, -0.05) is 6.07 Å². The summed E-state index contributed by atoms with van der Waals surface area (Å²) in [5.74, 6) is -0.583. The first kappa shape index (κ1) is 17.1. The normalized spacial score (nSPS) is 20.6. The van der Waals surface area contributed by atoms with E-state index in [9.17, 15) is 14.0 Å². The molecule has 1 aliphatic rings. The van der Waals surface area contributed by atoms with Crippen molar-refractivity contribution in [3.63, 3.8) is 0 Å². The quantitative estimate of drug-likeness (QED) is 0.751. The van der Waals surface area contributed by atoms with E-state index in [2.05, 4.69) is 10.6 Å². The molecular formula is C16H21FN2O4. The van der Waals surface area contributed by atoms with Gasteiger partial charge in [-0.3, -0.25) is 4.79 Å². The highest BCUT2D eigenvalue weighted by atomic mass is 19.1. The lowest BCUT2D eigenvalue weighted by Gasteiger charge is -2.26. The lowest BCUT2D eigenvalue weighted by molar-refractivity contribution is -0.142. The first-order valence-electron chi connectivity index (χ1n) is 7.67. The molecule has 3 N–H and O–H groups in total. The van der Waals surface area contributed by atoms with Gasteiger partial charge in [-0.15, -0.1) is 0 Å². The minimum Gasteiger partial charge on any atom is -0.491 e. The Labute approximate surface area is 134 Å². The van der Waals surface area contributed by atoms with Crippen molar-refractivity contribution in [1.29, 1.82) is 0 Å². The van der Waals surface area contributed by atoms with Crippen LogP contribution in [0.1, 0.15) is 25.7 Å². The lowest BCUT2D eigenvalue weighted by Crippen LogP contribution is -2.40. The van der Waals surface area contributed by atoms with Gasteiger partial charge in [0, 0.05) is 17.8 Å². The summed E-state index contributed by atoms with van der Waals surface area (Å²) in [5, 5.41) is 14.5. The van der Waals surface area contributed by atoms with Crippen molar-refractivity contribution in [2.24, 2.45) is 5.92 Å². The van der Waals surface area contributed by atoms with Gasteiger partial charge in [0.2, 0.25) is 0 Å². The van der Waals surface area contributed by atoms with Gasteiger partial charge in [0.05, 0.1) is 5.92 Å². The number of carboxylic acids is 1. The van der Waals surface area contributed by atoms with Crippen LogP contribution >= 0.6 is 0 Å². The second-order valence-electron chi connectivity index (χ2n) is 5.55. The number of rotatable bonds is 6. The van der Waals surface area contributed by atoms with E-state index in [-0.39, 0.29) is 24.6 Å². The van der Waals surface area contributed by atoms with Crippen LogP contribution in [0.5, 0.6) is 5.75 Å².